The first-order chi connectivity index (χ1) is 21.5. The minimum atomic E-state index is -2.15. The molecule has 4 rings (SSSR count). The van der Waals surface area contributed by atoms with Gasteiger partial charge < -0.3 is 19.4 Å². The van der Waals surface area contributed by atoms with Crippen LogP contribution in [0.15, 0.2) is 95.9 Å². The summed E-state index contributed by atoms with van der Waals surface area (Å²) in [4.78, 5) is 14.7. The Labute approximate surface area is 273 Å². The van der Waals surface area contributed by atoms with Gasteiger partial charge in [-0.2, -0.15) is 0 Å². The Balaban J connectivity index is 1.68. The number of carbonyl (C=O) groups is 1. The SMILES string of the molecule is CCc1cc(OCc2ccccc2)cc(O)c1SC(C(=O)c1ccc(O)cc1)c1ccc(O[Si](C(C)C)(C(C)C)C(C)C)cc1. The normalized spacial score (nSPS) is 12.5. The van der Waals surface area contributed by atoms with Crippen molar-refractivity contribution in [3.8, 4) is 23.0 Å². The molecule has 4 aromatic rings. The van der Waals surface area contributed by atoms with E-state index in [1.165, 1.54) is 23.9 Å². The van der Waals surface area contributed by atoms with E-state index in [1.807, 2.05) is 67.6 Å². The van der Waals surface area contributed by atoms with Crippen molar-refractivity contribution in [2.75, 3.05) is 0 Å². The van der Waals surface area contributed by atoms with E-state index in [0.29, 0.717) is 45.9 Å². The molecule has 0 aliphatic carbocycles. The number of thioether (sulfide) groups is 1. The monoisotopic (exact) mass is 642 g/mol. The smallest absolute Gasteiger partial charge is 0.258 e. The third-order valence-electron chi connectivity index (χ3n) is 8.56. The number of hydrogen-bond acceptors (Lipinski definition) is 6. The Morgan fingerprint density at radius 1 is 0.778 bits per heavy atom. The summed E-state index contributed by atoms with van der Waals surface area (Å²) in [6, 6.07) is 27.7. The zero-order valence-electron chi connectivity index (χ0n) is 27.4. The van der Waals surface area contributed by atoms with E-state index in [0.717, 1.165) is 22.4 Å². The van der Waals surface area contributed by atoms with Crippen molar-refractivity contribution >= 4 is 25.9 Å². The molecule has 238 valence electrons. The standard InChI is InChI=1S/C38H46O5SSi/c1-8-29-22-34(42-24-28-12-10-9-11-13-28)23-35(40)37(29)44-38(36(41)30-14-18-32(39)19-15-30)31-16-20-33(21-17-31)43-45(25(2)3,26(4)5)27(6)7/h9-23,25-27,38-40H,8,24H2,1-7H3. The van der Waals surface area contributed by atoms with E-state index >= 15 is 0 Å². The zero-order valence-corrected chi connectivity index (χ0v) is 29.2. The molecule has 4 aromatic carbocycles. The lowest BCUT2D eigenvalue weighted by Gasteiger charge is -2.42. The van der Waals surface area contributed by atoms with Gasteiger partial charge in [-0.05, 0) is 82.2 Å². The molecule has 0 aliphatic heterocycles. The Kier molecular flexibility index (Phi) is 11.4. The number of rotatable bonds is 14. The molecule has 2 N–H and O–H groups in total. The molecule has 0 bridgehead atoms. The third kappa shape index (κ3) is 7.94. The molecule has 0 aromatic heterocycles. The molecule has 1 unspecified atom stereocenters. The molecule has 0 saturated carbocycles. The van der Waals surface area contributed by atoms with Crippen molar-refractivity contribution in [3.05, 3.63) is 113 Å². The fraction of sp³-hybridized carbons (Fsp3) is 0.342. The maximum absolute atomic E-state index is 14.0. The molecule has 0 heterocycles. The molecule has 0 aliphatic rings. The second-order valence-electron chi connectivity index (χ2n) is 12.5. The average Bonchev–Trinajstić information content (AvgIpc) is 3.02. The van der Waals surface area contributed by atoms with Crippen molar-refractivity contribution in [3.63, 3.8) is 0 Å². The van der Waals surface area contributed by atoms with Crippen LogP contribution < -0.4 is 9.16 Å². The number of Topliss-reactive ketones (excluding diaryl/α,β-unsaturated/α-hetero) is 1. The molecular formula is C38H46O5SSi. The summed E-state index contributed by atoms with van der Waals surface area (Å²) in [5.41, 5.74) is 4.53. The number of carbonyl (C=O) groups excluding carboxylic acids is 1. The minimum Gasteiger partial charge on any atom is -0.543 e. The van der Waals surface area contributed by atoms with Crippen LogP contribution >= 0.6 is 11.8 Å². The van der Waals surface area contributed by atoms with Crippen LogP contribution in [0.1, 0.15) is 80.8 Å². The molecule has 1 atom stereocenters. The number of benzene rings is 4. The molecular weight excluding hydrogens is 597 g/mol. The Hall–Kier alpha value is -3.68. The molecule has 0 saturated heterocycles. The second-order valence-corrected chi connectivity index (χ2v) is 18.9. The van der Waals surface area contributed by atoms with Gasteiger partial charge >= 0.3 is 0 Å². The number of aryl methyl sites for hydroxylation is 1. The summed E-state index contributed by atoms with van der Waals surface area (Å²) in [7, 11) is -2.15. The summed E-state index contributed by atoms with van der Waals surface area (Å²) in [5, 5.41) is 20.5. The first-order valence-electron chi connectivity index (χ1n) is 15.8. The number of phenolic OH excluding ortho intramolecular Hbond substituents is 2. The van der Waals surface area contributed by atoms with Crippen LogP contribution in [0.3, 0.4) is 0 Å². The van der Waals surface area contributed by atoms with E-state index in [-0.39, 0.29) is 17.3 Å². The van der Waals surface area contributed by atoms with Crippen molar-refractivity contribution in [1.82, 2.24) is 0 Å². The maximum atomic E-state index is 14.0. The van der Waals surface area contributed by atoms with Gasteiger partial charge in [0.2, 0.25) is 0 Å². The van der Waals surface area contributed by atoms with Gasteiger partial charge in [0.25, 0.3) is 8.32 Å². The molecule has 7 heteroatoms. The van der Waals surface area contributed by atoms with Crippen LogP contribution in [-0.4, -0.2) is 24.3 Å². The number of ether oxygens (including phenoxy) is 1. The summed E-state index contributed by atoms with van der Waals surface area (Å²) >= 11 is 1.33. The van der Waals surface area contributed by atoms with E-state index in [4.69, 9.17) is 9.16 Å². The maximum Gasteiger partial charge on any atom is 0.258 e. The highest BCUT2D eigenvalue weighted by atomic mass is 32.2. The van der Waals surface area contributed by atoms with Crippen molar-refractivity contribution in [2.45, 2.75) is 88.3 Å². The highest BCUT2D eigenvalue weighted by Crippen LogP contribution is 2.46. The fourth-order valence-electron chi connectivity index (χ4n) is 6.30. The van der Waals surface area contributed by atoms with Crippen LogP contribution in [0.4, 0.5) is 0 Å². The van der Waals surface area contributed by atoms with E-state index in [2.05, 4.69) is 41.5 Å². The molecule has 0 fully saturated rings. The quantitative estimate of drug-likeness (QED) is 0.0810. The van der Waals surface area contributed by atoms with Gasteiger partial charge in [0.15, 0.2) is 5.78 Å². The third-order valence-corrected chi connectivity index (χ3v) is 16.0. The van der Waals surface area contributed by atoms with Crippen LogP contribution in [0.25, 0.3) is 0 Å². The van der Waals surface area contributed by atoms with Crippen LogP contribution in [0.2, 0.25) is 16.6 Å². The highest BCUT2D eigenvalue weighted by Gasteiger charge is 2.47. The summed E-state index contributed by atoms with van der Waals surface area (Å²) in [5.74, 6) is 1.46. The molecule has 0 amide bonds. The van der Waals surface area contributed by atoms with Crippen molar-refractivity contribution in [1.29, 1.82) is 0 Å². The van der Waals surface area contributed by atoms with Gasteiger partial charge in [0, 0.05) is 11.6 Å². The Morgan fingerprint density at radius 3 is 1.93 bits per heavy atom. The predicted molar refractivity (Wildman–Crippen MR) is 187 cm³/mol. The van der Waals surface area contributed by atoms with Crippen LogP contribution in [-0.2, 0) is 13.0 Å². The Morgan fingerprint density at radius 2 is 1.38 bits per heavy atom. The summed E-state index contributed by atoms with van der Waals surface area (Å²) < 4.78 is 12.9. The van der Waals surface area contributed by atoms with Gasteiger partial charge in [-0.25, -0.2) is 0 Å². The lowest BCUT2D eigenvalue weighted by atomic mass is 10.0. The fourth-order valence-corrected chi connectivity index (χ4v) is 12.9. The van der Waals surface area contributed by atoms with E-state index in [9.17, 15) is 15.0 Å². The minimum absolute atomic E-state index is 0.0763. The summed E-state index contributed by atoms with van der Waals surface area (Å²) in [6.45, 7) is 16.0. The Bertz CT molecular complexity index is 1530. The number of phenols is 2. The predicted octanol–water partition coefficient (Wildman–Crippen LogP) is 10.5. The molecule has 0 radical (unpaired) electrons. The van der Waals surface area contributed by atoms with Crippen LogP contribution in [0, 0.1) is 0 Å². The van der Waals surface area contributed by atoms with Crippen molar-refractivity contribution < 1.29 is 24.2 Å². The van der Waals surface area contributed by atoms with Gasteiger partial charge in [0.05, 0.1) is 10.1 Å². The average molecular weight is 643 g/mol. The molecule has 45 heavy (non-hydrogen) atoms. The number of ketones is 1. The topological polar surface area (TPSA) is 76.0 Å². The van der Waals surface area contributed by atoms with E-state index < -0.39 is 13.6 Å². The van der Waals surface area contributed by atoms with Gasteiger partial charge in [-0.15, -0.1) is 11.8 Å². The summed E-state index contributed by atoms with van der Waals surface area (Å²) in [6.07, 6.45) is 0.650. The van der Waals surface area contributed by atoms with Gasteiger partial charge in [-0.1, -0.05) is 90.9 Å². The molecule has 0 spiro atoms. The second kappa shape index (κ2) is 15.1. The largest absolute Gasteiger partial charge is 0.543 e. The van der Waals surface area contributed by atoms with E-state index in [1.54, 1.807) is 18.2 Å². The first-order valence-corrected chi connectivity index (χ1v) is 18.8. The number of aromatic hydroxyl groups is 2. The number of hydrogen-bond donors (Lipinski definition) is 2. The lowest BCUT2D eigenvalue weighted by Crippen LogP contribution is -2.50. The highest BCUT2D eigenvalue weighted by molar-refractivity contribution is 8.00. The molecule has 5 nitrogen and oxygen atoms in total. The van der Waals surface area contributed by atoms with Crippen molar-refractivity contribution in [2.24, 2.45) is 0 Å². The zero-order chi connectivity index (χ0) is 32.7. The van der Waals surface area contributed by atoms with Gasteiger partial charge in [0.1, 0.15) is 29.6 Å². The van der Waals surface area contributed by atoms with Crippen LogP contribution in [0.5, 0.6) is 23.0 Å². The van der Waals surface area contributed by atoms with Gasteiger partial charge in [-0.3, -0.25) is 4.79 Å². The lowest BCUT2D eigenvalue weighted by molar-refractivity contribution is 0.0989. The first kappa shape index (κ1) is 34.2.